The Labute approximate surface area is 138 Å². The second-order valence-electron chi connectivity index (χ2n) is 5.25. The van der Waals surface area contributed by atoms with Crippen LogP contribution in [0.15, 0.2) is 46.0 Å². The molecule has 0 spiro atoms. The van der Waals surface area contributed by atoms with Crippen LogP contribution in [0.4, 0.5) is 0 Å². The van der Waals surface area contributed by atoms with Crippen molar-refractivity contribution in [2.24, 2.45) is 0 Å². The number of nitrogens with one attached hydrogen (secondary N) is 1. The molecule has 0 aliphatic carbocycles. The molecule has 0 fully saturated rings. The van der Waals surface area contributed by atoms with Gasteiger partial charge in [-0.2, -0.15) is 0 Å². The molecule has 0 atom stereocenters. The van der Waals surface area contributed by atoms with Gasteiger partial charge in [0.15, 0.2) is 5.16 Å². The van der Waals surface area contributed by atoms with Gasteiger partial charge in [-0.3, -0.25) is 4.79 Å². The molecule has 1 amide bonds. The van der Waals surface area contributed by atoms with E-state index in [1.54, 1.807) is 0 Å². The van der Waals surface area contributed by atoms with Gasteiger partial charge >= 0.3 is 0 Å². The van der Waals surface area contributed by atoms with Gasteiger partial charge in [-0.15, -0.1) is 0 Å². The van der Waals surface area contributed by atoms with Crippen LogP contribution in [0.1, 0.15) is 17.1 Å². The summed E-state index contributed by atoms with van der Waals surface area (Å²) in [5.74, 6) is 0.953. The number of carbonyl (C=O) groups excluding carboxylic acids is 1. The second kappa shape index (κ2) is 6.83. The molecule has 6 heteroatoms. The van der Waals surface area contributed by atoms with Crippen molar-refractivity contribution in [2.75, 3.05) is 5.75 Å². The summed E-state index contributed by atoms with van der Waals surface area (Å²) in [5, 5.41) is 4.51. The molecular weight excluding hydrogens is 310 g/mol. The van der Waals surface area contributed by atoms with E-state index in [1.165, 1.54) is 11.8 Å². The monoisotopic (exact) mass is 327 g/mol. The predicted molar refractivity (Wildman–Crippen MR) is 90.3 cm³/mol. The van der Waals surface area contributed by atoms with Gasteiger partial charge in [-0.25, -0.2) is 9.97 Å². The van der Waals surface area contributed by atoms with Crippen molar-refractivity contribution in [3.63, 3.8) is 0 Å². The number of carbonyl (C=O) groups is 1. The van der Waals surface area contributed by atoms with Crippen LogP contribution in [0.3, 0.4) is 0 Å². The molecular formula is C17H17N3O2S. The largest absolute Gasteiger partial charge is 0.459 e. The van der Waals surface area contributed by atoms with Gasteiger partial charge in [0.2, 0.25) is 5.91 Å². The zero-order chi connectivity index (χ0) is 16.2. The van der Waals surface area contributed by atoms with Crippen LogP contribution in [-0.4, -0.2) is 21.6 Å². The zero-order valence-electron chi connectivity index (χ0n) is 13.0. The highest BCUT2D eigenvalue weighted by atomic mass is 32.2. The topological polar surface area (TPSA) is 68.0 Å². The number of fused-ring (bicyclic) bond motifs is 1. The number of thioether (sulfide) groups is 1. The summed E-state index contributed by atoms with van der Waals surface area (Å²) in [7, 11) is 0. The number of hydrogen-bond donors (Lipinski definition) is 1. The molecule has 0 radical (unpaired) electrons. The molecule has 0 aliphatic rings. The molecule has 118 valence electrons. The number of furan rings is 1. The minimum absolute atomic E-state index is 0.0711. The van der Waals surface area contributed by atoms with E-state index in [0.29, 0.717) is 11.7 Å². The van der Waals surface area contributed by atoms with Crippen LogP contribution >= 0.6 is 11.8 Å². The van der Waals surface area contributed by atoms with Crippen molar-refractivity contribution in [3.05, 3.63) is 53.5 Å². The maximum absolute atomic E-state index is 11.9. The molecule has 5 nitrogen and oxygen atoms in total. The number of nitrogens with zero attached hydrogens (tertiary/aromatic N) is 2. The fourth-order valence-electron chi connectivity index (χ4n) is 2.25. The summed E-state index contributed by atoms with van der Waals surface area (Å²) in [4.78, 5) is 20.6. The fraction of sp³-hybridized carbons (Fsp3) is 0.235. The first-order valence-electron chi connectivity index (χ1n) is 7.29. The lowest BCUT2D eigenvalue weighted by Crippen LogP contribution is -2.24. The quantitative estimate of drug-likeness (QED) is 0.575. The first kappa shape index (κ1) is 15.6. The molecule has 23 heavy (non-hydrogen) atoms. The number of rotatable bonds is 5. The third-order valence-corrected chi connectivity index (χ3v) is 4.08. The Kier molecular flexibility index (Phi) is 4.62. The van der Waals surface area contributed by atoms with E-state index in [0.717, 1.165) is 28.1 Å². The van der Waals surface area contributed by atoms with Crippen molar-refractivity contribution >= 4 is 28.6 Å². The van der Waals surface area contributed by atoms with Gasteiger partial charge in [0, 0.05) is 16.8 Å². The van der Waals surface area contributed by atoms with Crippen LogP contribution in [-0.2, 0) is 11.3 Å². The van der Waals surface area contributed by atoms with Crippen molar-refractivity contribution in [1.82, 2.24) is 15.3 Å². The second-order valence-corrected chi connectivity index (χ2v) is 6.19. The number of hydrogen-bond acceptors (Lipinski definition) is 5. The maximum Gasteiger partial charge on any atom is 0.230 e. The Morgan fingerprint density at radius 1 is 1.17 bits per heavy atom. The van der Waals surface area contributed by atoms with Crippen LogP contribution in [0, 0.1) is 13.8 Å². The molecule has 0 unspecified atom stereocenters. The Balaban J connectivity index is 1.53. The molecule has 0 saturated heterocycles. The van der Waals surface area contributed by atoms with Gasteiger partial charge in [0.1, 0.15) is 11.3 Å². The van der Waals surface area contributed by atoms with E-state index in [9.17, 15) is 4.79 Å². The molecule has 2 aromatic heterocycles. The van der Waals surface area contributed by atoms with Gasteiger partial charge in [0.25, 0.3) is 0 Å². The van der Waals surface area contributed by atoms with Crippen molar-refractivity contribution in [2.45, 2.75) is 25.5 Å². The summed E-state index contributed by atoms with van der Waals surface area (Å²) in [5.41, 5.74) is 2.64. The van der Waals surface area contributed by atoms with Gasteiger partial charge < -0.3 is 9.73 Å². The molecule has 1 aromatic carbocycles. The van der Waals surface area contributed by atoms with E-state index in [4.69, 9.17) is 4.42 Å². The molecule has 3 rings (SSSR count). The van der Waals surface area contributed by atoms with E-state index < -0.39 is 0 Å². The maximum atomic E-state index is 11.9. The normalized spacial score (nSPS) is 10.9. The lowest BCUT2D eigenvalue weighted by atomic mass is 10.2. The first-order valence-corrected chi connectivity index (χ1v) is 8.28. The average molecular weight is 327 g/mol. The van der Waals surface area contributed by atoms with E-state index >= 15 is 0 Å². The summed E-state index contributed by atoms with van der Waals surface area (Å²) in [6.07, 6.45) is 0. The Morgan fingerprint density at radius 3 is 2.65 bits per heavy atom. The summed E-state index contributed by atoms with van der Waals surface area (Å²) in [6.45, 7) is 4.21. The number of amides is 1. The Bertz CT molecular complexity index is 791. The summed E-state index contributed by atoms with van der Waals surface area (Å²) in [6, 6.07) is 11.6. The van der Waals surface area contributed by atoms with E-state index in [-0.39, 0.29) is 11.7 Å². The molecule has 1 N–H and O–H groups in total. The minimum Gasteiger partial charge on any atom is -0.459 e. The van der Waals surface area contributed by atoms with Gasteiger partial charge in [-0.05, 0) is 32.0 Å². The molecule has 0 bridgehead atoms. The van der Waals surface area contributed by atoms with Crippen LogP contribution in [0.25, 0.3) is 11.0 Å². The predicted octanol–water partition coefficient (Wildman–Crippen LogP) is 3.25. The zero-order valence-corrected chi connectivity index (χ0v) is 13.8. The average Bonchev–Trinajstić information content (AvgIpc) is 2.93. The van der Waals surface area contributed by atoms with Gasteiger partial charge in [0.05, 0.1) is 12.3 Å². The van der Waals surface area contributed by atoms with Gasteiger partial charge in [-0.1, -0.05) is 30.0 Å². The summed E-state index contributed by atoms with van der Waals surface area (Å²) < 4.78 is 5.67. The molecule has 0 aliphatic heterocycles. The van der Waals surface area contributed by atoms with Crippen molar-refractivity contribution in [1.29, 1.82) is 0 Å². The first-order chi connectivity index (χ1) is 11.1. The van der Waals surface area contributed by atoms with E-state index in [1.807, 2.05) is 50.2 Å². The minimum atomic E-state index is -0.0711. The molecule has 3 aromatic rings. The third-order valence-electron chi connectivity index (χ3n) is 3.23. The lowest BCUT2D eigenvalue weighted by Gasteiger charge is -2.04. The number of para-hydroxylation sites is 1. The molecule has 0 saturated carbocycles. The van der Waals surface area contributed by atoms with E-state index in [2.05, 4.69) is 15.3 Å². The third kappa shape index (κ3) is 4.10. The molecule has 2 heterocycles. The van der Waals surface area contributed by atoms with Crippen LogP contribution in [0.5, 0.6) is 0 Å². The SMILES string of the molecule is Cc1cc(C)nc(SCC(=O)NCc2cc3ccccc3o2)n1. The van der Waals surface area contributed by atoms with Crippen molar-refractivity contribution in [3.8, 4) is 0 Å². The number of aryl methyl sites for hydroxylation is 2. The van der Waals surface area contributed by atoms with Crippen LogP contribution < -0.4 is 5.32 Å². The lowest BCUT2D eigenvalue weighted by molar-refractivity contribution is -0.118. The Hall–Kier alpha value is -2.34. The highest BCUT2D eigenvalue weighted by Crippen LogP contribution is 2.18. The highest BCUT2D eigenvalue weighted by molar-refractivity contribution is 7.99. The summed E-state index contributed by atoms with van der Waals surface area (Å²) >= 11 is 1.33. The van der Waals surface area contributed by atoms with Crippen molar-refractivity contribution < 1.29 is 9.21 Å². The smallest absolute Gasteiger partial charge is 0.230 e. The fourth-order valence-corrected chi connectivity index (χ4v) is 3.03. The Morgan fingerprint density at radius 2 is 1.91 bits per heavy atom. The van der Waals surface area contributed by atoms with Crippen LogP contribution in [0.2, 0.25) is 0 Å². The number of aromatic nitrogens is 2. The number of benzene rings is 1. The highest BCUT2D eigenvalue weighted by Gasteiger charge is 2.08. The standard InChI is InChI=1S/C17H17N3O2S/c1-11-7-12(2)20-17(19-11)23-10-16(21)18-9-14-8-13-5-3-4-6-15(13)22-14/h3-8H,9-10H2,1-2H3,(H,18,21).